The second-order valence-corrected chi connectivity index (χ2v) is 6.13. The van der Waals surface area contributed by atoms with Gasteiger partial charge < -0.3 is 11.1 Å². The van der Waals surface area contributed by atoms with Crippen molar-refractivity contribution in [2.24, 2.45) is 11.7 Å². The van der Waals surface area contributed by atoms with Crippen LogP contribution in [0.3, 0.4) is 0 Å². The largest absolute Gasteiger partial charge is 0.384 e. The van der Waals surface area contributed by atoms with Crippen LogP contribution in [-0.2, 0) is 0 Å². The van der Waals surface area contributed by atoms with Gasteiger partial charge in [0, 0.05) is 11.7 Å². The van der Waals surface area contributed by atoms with Crippen LogP contribution in [0, 0.1) is 18.3 Å². The first-order valence-corrected chi connectivity index (χ1v) is 7.66. The zero-order valence-corrected chi connectivity index (χ0v) is 12.7. The van der Waals surface area contributed by atoms with Gasteiger partial charge in [0.1, 0.15) is 5.84 Å². The molecule has 2 aromatic rings. The molecule has 4 N–H and O–H groups in total. The van der Waals surface area contributed by atoms with Gasteiger partial charge in [-0.2, -0.15) is 5.10 Å². The lowest BCUT2D eigenvalue weighted by atomic mass is 9.85. The molecule has 0 aromatic carbocycles. The van der Waals surface area contributed by atoms with Crippen LogP contribution in [0.1, 0.15) is 43.9 Å². The van der Waals surface area contributed by atoms with Crippen molar-refractivity contribution in [3.05, 3.63) is 29.6 Å². The Morgan fingerprint density at radius 1 is 1.38 bits per heavy atom. The standard InChI is InChI=1S/C16H23N5/c1-10-5-3-4-6-13(10)20-15-12(16(17)18)9-19-21-11(2)7-8-14(15)21/h7-10,13,20H,3-6H2,1-2H3,(H3,17,18). The molecule has 1 saturated carbocycles. The Labute approximate surface area is 125 Å². The minimum atomic E-state index is 0.0646. The molecule has 1 aliphatic carbocycles. The van der Waals surface area contributed by atoms with Crippen LogP contribution in [0.2, 0.25) is 0 Å². The Morgan fingerprint density at radius 2 is 2.14 bits per heavy atom. The third-order valence-electron chi connectivity index (χ3n) is 4.60. The smallest absolute Gasteiger partial charge is 0.126 e. The Morgan fingerprint density at radius 3 is 2.86 bits per heavy atom. The molecule has 21 heavy (non-hydrogen) atoms. The van der Waals surface area contributed by atoms with Crippen molar-refractivity contribution >= 4 is 17.0 Å². The summed E-state index contributed by atoms with van der Waals surface area (Å²) in [7, 11) is 0. The van der Waals surface area contributed by atoms with Crippen molar-refractivity contribution < 1.29 is 0 Å². The molecule has 2 aromatic heterocycles. The highest BCUT2D eigenvalue weighted by atomic mass is 15.2. The van der Waals surface area contributed by atoms with Gasteiger partial charge in [0.05, 0.1) is 23.0 Å². The average molecular weight is 285 g/mol. The van der Waals surface area contributed by atoms with Crippen molar-refractivity contribution in [3.8, 4) is 0 Å². The number of fused-ring (bicyclic) bond motifs is 1. The molecule has 0 spiro atoms. The molecule has 1 fully saturated rings. The number of nitrogens with one attached hydrogen (secondary N) is 2. The first kappa shape index (κ1) is 13.9. The Bertz CT molecular complexity index is 673. The summed E-state index contributed by atoms with van der Waals surface area (Å²) in [5.41, 5.74) is 9.47. The van der Waals surface area contributed by atoms with E-state index in [1.54, 1.807) is 6.20 Å². The van der Waals surface area contributed by atoms with E-state index in [0.717, 1.165) is 16.9 Å². The molecule has 1 aliphatic rings. The van der Waals surface area contributed by atoms with Gasteiger partial charge in [-0.25, -0.2) is 4.52 Å². The van der Waals surface area contributed by atoms with E-state index in [2.05, 4.69) is 17.3 Å². The van der Waals surface area contributed by atoms with Crippen LogP contribution in [0.15, 0.2) is 18.3 Å². The summed E-state index contributed by atoms with van der Waals surface area (Å²) >= 11 is 0. The minimum absolute atomic E-state index is 0.0646. The summed E-state index contributed by atoms with van der Waals surface area (Å²) in [6.45, 7) is 4.33. The molecule has 2 heterocycles. The fourth-order valence-corrected chi connectivity index (χ4v) is 3.26. The SMILES string of the molecule is Cc1ccc2c(NC3CCCCC3C)c(C(=N)N)cnn12. The Kier molecular flexibility index (Phi) is 3.57. The quantitative estimate of drug-likeness (QED) is 0.599. The van der Waals surface area contributed by atoms with Gasteiger partial charge in [0.15, 0.2) is 0 Å². The van der Waals surface area contributed by atoms with Gasteiger partial charge >= 0.3 is 0 Å². The van der Waals surface area contributed by atoms with Gasteiger partial charge in [-0.1, -0.05) is 19.8 Å². The van der Waals surface area contributed by atoms with Crippen LogP contribution in [0.5, 0.6) is 0 Å². The topological polar surface area (TPSA) is 79.2 Å². The molecular weight excluding hydrogens is 262 g/mol. The second-order valence-electron chi connectivity index (χ2n) is 6.13. The normalized spacial score (nSPS) is 22.4. The zero-order valence-electron chi connectivity index (χ0n) is 12.7. The molecule has 0 saturated heterocycles. The van der Waals surface area contributed by atoms with E-state index >= 15 is 0 Å². The van der Waals surface area contributed by atoms with Crippen LogP contribution >= 0.6 is 0 Å². The average Bonchev–Trinajstić information content (AvgIpc) is 2.83. The summed E-state index contributed by atoms with van der Waals surface area (Å²) in [5, 5.41) is 15.9. The van der Waals surface area contributed by atoms with E-state index in [1.807, 2.05) is 23.6 Å². The van der Waals surface area contributed by atoms with Crippen LogP contribution in [0.4, 0.5) is 5.69 Å². The highest BCUT2D eigenvalue weighted by Crippen LogP contribution is 2.30. The molecule has 0 aliphatic heterocycles. The summed E-state index contributed by atoms with van der Waals surface area (Å²) in [5.74, 6) is 0.706. The summed E-state index contributed by atoms with van der Waals surface area (Å²) < 4.78 is 1.91. The highest BCUT2D eigenvalue weighted by molar-refractivity contribution is 6.03. The lowest BCUT2D eigenvalue weighted by Gasteiger charge is -2.31. The molecule has 2 atom stereocenters. The van der Waals surface area contributed by atoms with Crippen LogP contribution in [0.25, 0.3) is 5.52 Å². The number of hydrogen-bond acceptors (Lipinski definition) is 3. The maximum Gasteiger partial charge on any atom is 0.126 e. The number of anilines is 1. The van der Waals surface area contributed by atoms with Crippen LogP contribution in [-0.4, -0.2) is 21.5 Å². The molecule has 2 unspecified atom stereocenters. The number of aromatic nitrogens is 2. The van der Waals surface area contributed by atoms with E-state index in [4.69, 9.17) is 11.1 Å². The predicted octanol–water partition coefficient (Wildman–Crippen LogP) is 2.92. The van der Waals surface area contributed by atoms with E-state index < -0.39 is 0 Å². The summed E-state index contributed by atoms with van der Waals surface area (Å²) in [4.78, 5) is 0. The first-order chi connectivity index (χ1) is 10.1. The molecule has 0 amide bonds. The number of aryl methyl sites for hydroxylation is 1. The van der Waals surface area contributed by atoms with Crippen LogP contribution < -0.4 is 11.1 Å². The highest BCUT2D eigenvalue weighted by Gasteiger charge is 2.23. The fraction of sp³-hybridized carbons (Fsp3) is 0.500. The Hall–Kier alpha value is -2.04. The lowest BCUT2D eigenvalue weighted by molar-refractivity contribution is 0.349. The number of amidine groups is 1. The maximum absolute atomic E-state index is 7.81. The molecule has 5 heteroatoms. The monoisotopic (exact) mass is 285 g/mol. The zero-order chi connectivity index (χ0) is 15.0. The van der Waals surface area contributed by atoms with Crippen molar-refractivity contribution in [2.75, 3.05) is 5.32 Å². The first-order valence-electron chi connectivity index (χ1n) is 7.66. The van der Waals surface area contributed by atoms with Crippen molar-refractivity contribution in [1.29, 1.82) is 5.41 Å². The predicted molar refractivity (Wildman–Crippen MR) is 86.0 cm³/mol. The Balaban J connectivity index is 2.05. The minimum Gasteiger partial charge on any atom is -0.384 e. The van der Waals surface area contributed by atoms with E-state index in [0.29, 0.717) is 17.5 Å². The third kappa shape index (κ3) is 2.48. The number of rotatable bonds is 3. The molecule has 0 bridgehead atoms. The van der Waals surface area contributed by atoms with Crippen molar-refractivity contribution in [3.63, 3.8) is 0 Å². The summed E-state index contributed by atoms with van der Waals surface area (Å²) in [6.07, 6.45) is 6.70. The number of nitrogen functional groups attached to an aromatic ring is 1. The van der Waals surface area contributed by atoms with Gasteiger partial charge in [0.2, 0.25) is 0 Å². The number of nitrogens with two attached hydrogens (primary N) is 1. The van der Waals surface area contributed by atoms with E-state index in [-0.39, 0.29) is 5.84 Å². The second kappa shape index (κ2) is 5.39. The van der Waals surface area contributed by atoms with Gasteiger partial charge in [-0.05, 0) is 37.8 Å². The molecule has 112 valence electrons. The summed E-state index contributed by atoms with van der Waals surface area (Å²) in [6, 6.07) is 4.53. The molecular formula is C16H23N5. The fourth-order valence-electron chi connectivity index (χ4n) is 3.26. The van der Waals surface area contributed by atoms with Crippen molar-refractivity contribution in [2.45, 2.75) is 45.6 Å². The number of nitrogens with zero attached hydrogens (tertiary/aromatic N) is 2. The molecule has 3 rings (SSSR count). The van der Waals surface area contributed by atoms with Crippen molar-refractivity contribution in [1.82, 2.24) is 9.61 Å². The van der Waals surface area contributed by atoms with Gasteiger partial charge in [-0.15, -0.1) is 0 Å². The van der Waals surface area contributed by atoms with E-state index in [1.165, 1.54) is 25.7 Å². The lowest BCUT2D eigenvalue weighted by Crippen LogP contribution is -2.31. The number of hydrogen-bond donors (Lipinski definition) is 3. The third-order valence-corrected chi connectivity index (χ3v) is 4.60. The molecule has 0 radical (unpaired) electrons. The maximum atomic E-state index is 7.81. The van der Waals surface area contributed by atoms with E-state index in [9.17, 15) is 0 Å². The van der Waals surface area contributed by atoms with Gasteiger partial charge in [-0.3, -0.25) is 5.41 Å². The van der Waals surface area contributed by atoms with Gasteiger partial charge in [0.25, 0.3) is 0 Å². The molecule has 5 nitrogen and oxygen atoms in total.